The number of rotatable bonds is 18. The third-order valence-corrected chi connectivity index (χ3v) is 18.5. The van der Waals surface area contributed by atoms with Crippen LogP contribution in [0.3, 0.4) is 0 Å². The number of likely N-dealkylation sites (tertiary alicyclic amines) is 3. The monoisotopic (exact) mass is 1440 g/mol. The minimum Gasteiger partial charge on any atom is -0.495 e. The number of carbonyl (C=O) groups is 4. The van der Waals surface area contributed by atoms with Gasteiger partial charge in [-0.2, -0.15) is 0 Å². The molecule has 3 amide bonds. The van der Waals surface area contributed by atoms with Crippen LogP contribution < -0.4 is 20.1 Å². The third kappa shape index (κ3) is 18.7. The molecular formula is C77H92ClF3N12O10. The van der Waals surface area contributed by atoms with E-state index in [-0.39, 0.29) is 86.3 Å². The molecule has 22 nitrogen and oxygen atoms in total. The maximum Gasteiger partial charge on any atom is 0.234 e. The van der Waals surface area contributed by atoms with Crippen LogP contribution in [-0.4, -0.2) is 135 Å². The van der Waals surface area contributed by atoms with Crippen molar-refractivity contribution in [2.24, 2.45) is 34.0 Å². The first-order valence-electron chi connectivity index (χ1n) is 32.7. The summed E-state index contributed by atoms with van der Waals surface area (Å²) in [6.07, 6.45) is 14.7. The molecule has 5 N–H and O–H groups in total. The lowest BCUT2D eigenvalue weighted by atomic mass is 9.87. The van der Waals surface area contributed by atoms with Crippen molar-refractivity contribution in [2.75, 3.05) is 41.0 Å². The number of benzene rings is 6. The molecule has 6 unspecified atom stereocenters. The van der Waals surface area contributed by atoms with Crippen LogP contribution in [0.15, 0.2) is 175 Å². The summed E-state index contributed by atoms with van der Waals surface area (Å²) >= 11 is 0. The van der Waals surface area contributed by atoms with E-state index in [1.165, 1.54) is 36.4 Å². The number of piperidine rings is 3. The summed E-state index contributed by atoms with van der Waals surface area (Å²) in [5.41, 5.74) is 9.82. The Morgan fingerprint density at radius 2 is 0.738 bits per heavy atom. The molecule has 9 aromatic rings. The Labute approximate surface area is 605 Å². The van der Waals surface area contributed by atoms with Gasteiger partial charge in [0.05, 0.1) is 116 Å². The zero-order valence-corrected chi connectivity index (χ0v) is 58.5. The molecule has 6 heterocycles. The van der Waals surface area contributed by atoms with Gasteiger partial charge in [0.2, 0.25) is 17.7 Å². The van der Waals surface area contributed by atoms with Crippen molar-refractivity contribution in [2.45, 2.75) is 113 Å². The molecule has 0 radical (unpaired) electrons. The molecular weight excluding hydrogens is 1350 g/mol. The van der Waals surface area contributed by atoms with Gasteiger partial charge in [-0.25, -0.2) is 34.0 Å². The van der Waals surface area contributed by atoms with Gasteiger partial charge in [0.1, 0.15) is 40.6 Å². The first kappa shape index (κ1) is 81.3. The molecule has 12 rings (SSSR count). The summed E-state index contributed by atoms with van der Waals surface area (Å²) in [4.78, 5) is 71.4. The number of carbonyl (C=O) groups excluding carboxylic acids is 4. The lowest BCUT2D eigenvalue weighted by Crippen LogP contribution is -2.45. The molecule has 6 atom stereocenters. The average molecular weight is 1440 g/mol. The molecule has 3 aliphatic heterocycles. The maximum absolute atomic E-state index is 13.4. The van der Waals surface area contributed by atoms with Gasteiger partial charge in [-0.3, -0.25) is 19.2 Å². The molecule has 26 heteroatoms. The fraction of sp³-hybridized carbons (Fsp3) is 0.338. The lowest BCUT2D eigenvalue weighted by molar-refractivity contribution is -0.139. The summed E-state index contributed by atoms with van der Waals surface area (Å²) in [6, 6.07) is 33.9. The van der Waals surface area contributed by atoms with Crippen LogP contribution in [0.5, 0.6) is 17.2 Å². The molecule has 0 aliphatic carbocycles. The number of ether oxygens (including phenoxy) is 3. The molecule has 3 aliphatic rings. The molecule has 3 saturated heterocycles. The molecule has 6 aromatic carbocycles. The second-order valence-corrected chi connectivity index (χ2v) is 24.6. The Bertz CT molecular complexity index is 4190. The molecule has 548 valence electrons. The zero-order valence-electron chi connectivity index (χ0n) is 57.7. The molecule has 0 saturated carbocycles. The van der Waals surface area contributed by atoms with E-state index in [2.05, 4.69) is 31.2 Å². The first-order valence-corrected chi connectivity index (χ1v) is 32.7. The molecule has 103 heavy (non-hydrogen) atoms. The first-order chi connectivity index (χ1) is 48.2. The number of nitrogens with zero attached hydrogens (tertiary/aromatic N) is 11. The minimum atomic E-state index is -0.738. The number of amides is 3. The van der Waals surface area contributed by atoms with Crippen LogP contribution in [0, 0.1) is 56.0 Å². The van der Waals surface area contributed by atoms with E-state index in [1.807, 2.05) is 98.1 Å². The SMILES string of the molecule is C.C.COc1cc(C(=NO)C2CCCN(C(C)c3ccc(F)cc3)C2=O)ccc1-n1cnc(C)c1.COc1cc(C(=NO)C2CCCN(C(C)c3ccc(F)cc3)C2=O)ccc1-n1cnc(C)c1.COc1cc(C(=O)C2CCCN(C(C)c3ccc(F)cc3)C2=O)ccc1-n1cnc(C)c1.Cl.NO. The normalized spacial score (nSPS) is 16.9. The highest BCUT2D eigenvalue weighted by Crippen LogP contribution is 2.37. The van der Waals surface area contributed by atoms with Crippen LogP contribution in [-0.2, 0) is 14.4 Å². The van der Waals surface area contributed by atoms with Crippen molar-refractivity contribution in [1.82, 2.24) is 43.4 Å². The van der Waals surface area contributed by atoms with Crippen molar-refractivity contribution in [3.63, 3.8) is 0 Å². The fourth-order valence-corrected chi connectivity index (χ4v) is 13.0. The molecule has 0 spiro atoms. The van der Waals surface area contributed by atoms with E-state index in [0.29, 0.717) is 84.3 Å². The van der Waals surface area contributed by atoms with Gasteiger partial charge in [-0.15, -0.1) is 12.4 Å². The Morgan fingerprint density at radius 1 is 0.466 bits per heavy atom. The van der Waals surface area contributed by atoms with Crippen LogP contribution in [0.4, 0.5) is 13.2 Å². The van der Waals surface area contributed by atoms with E-state index < -0.39 is 17.8 Å². The Hall–Kier alpha value is -10.6. The highest BCUT2D eigenvalue weighted by molar-refractivity contribution is 6.14. The van der Waals surface area contributed by atoms with Gasteiger partial charge in [0.15, 0.2) is 5.78 Å². The largest absolute Gasteiger partial charge is 0.495 e. The second kappa shape index (κ2) is 37.3. The van der Waals surface area contributed by atoms with Gasteiger partial charge >= 0.3 is 0 Å². The number of aromatic nitrogens is 6. The highest BCUT2D eigenvalue weighted by atomic mass is 35.5. The van der Waals surface area contributed by atoms with Crippen molar-refractivity contribution in [3.8, 4) is 34.3 Å². The molecule has 3 fully saturated rings. The summed E-state index contributed by atoms with van der Waals surface area (Å²) in [6.45, 7) is 13.2. The summed E-state index contributed by atoms with van der Waals surface area (Å²) in [5, 5.41) is 33.4. The van der Waals surface area contributed by atoms with Gasteiger partial charge in [0, 0.05) is 54.9 Å². The quantitative estimate of drug-likeness (QED) is 0.0205. The number of hydrogen-bond acceptors (Lipinski definition) is 16. The van der Waals surface area contributed by atoms with Gasteiger partial charge in [-0.1, -0.05) is 73.7 Å². The predicted octanol–water partition coefficient (Wildman–Crippen LogP) is 14.6. The number of halogens is 4. The summed E-state index contributed by atoms with van der Waals surface area (Å²) < 4.78 is 62.1. The second-order valence-electron chi connectivity index (χ2n) is 24.6. The standard InChI is InChI=1S/2C25H27FN4O3.C25H26FN3O3.2CH4.ClH.H3NO/c2*1-16-14-29(15-27-16)22-11-8-19(13-23(22)33-3)24(28-32)21-5-4-12-30(25(21)31)17(2)18-6-9-20(26)10-7-18;1-16-14-28(15-27-16)22-11-8-19(13-23(22)32-3)24(30)21-5-4-12-29(25(21)31)17(2)18-6-9-20(26)10-7-18;;;;1-2/h2*6-11,13-15,17,21,32H,4-5,12H2,1-3H3;6-11,13-15,17,21H,4-5,12H2,1-3H3;2*1H4;1H;2H,1H2. The Kier molecular flexibility index (Phi) is 29.5. The van der Waals surface area contributed by atoms with Crippen LogP contribution in [0.2, 0.25) is 0 Å². The van der Waals surface area contributed by atoms with Crippen LogP contribution in [0.1, 0.15) is 148 Å². The Morgan fingerprint density at radius 3 is 1.01 bits per heavy atom. The highest BCUT2D eigenvalue weighted by Gasteiger charge is 2.40. The van der Waals surface area contributed by atoms with E-state index in [4.69, 9.17) is 19.4 Å². The third-order valence-electron chi connectivity index (χ3n) is 18.5. The van der Waals surface area contributed by atoms with Crippen LogP contribution in [0.25, 0.3) is 17.1 Å². The fourth-order valence-electron chi connectivity index (χ4n) is 13.0. The molecule has 3 aromatic heterocycles. The number of ketones is 1. The number of methoxy groups -OCH3 is 3. The van der Waals surface area contributed by atoms with E-state index in [0.717, 1.165) is 70.1 Å². The van der Waals surface area contributed by atoms with E-state index >= 15 is 0 Å². The van der Waals surface area contributed by atoms with Gasteiger partial charge in [0.25, 0.3) is 0 Å². The number of hydrogen-bond donors (Lipinski definition) is 4. The number of oxime groups is 2. The lowest BCUT2D eigenvalue weighted by Gasteiger charge is -2.37. The van der Waals surface area contributed by atoms with E-state index in [1.54, 1.807) is 122 Å². The predicted molar refractivity (Wildman–Crippen MR) is 390 cm³/mol. The maximum atomic E-state index is 13.4. The number of nitrogens with two attached hydrogens (primary N) is 1. The average Bonchev–Trinajstić information content (AvgIpc) is 1.67. The van der Waals surface area contributed by atoms with Crippen LogP contribution >= 0.6 is 12.4 Å². The van der Waals surface area contributed by atoms with Gasteiger partial charge in [-0.05, 0) is 176 Å². The summed E-state index contributed by atoms with van der Waals surface area (Å²) in [7, 11) is 4.69. The van der Waals surface area contributed by atoms with Crippen molar-refractivity contribution >= 4 is 47.3 Å². The number of Topliss-reactive ketones (excluding diaryl/α,β-unsaturated/α-hetero) is 1. The zero-order chi connectivity index (χ0) is 71.9. The number of aryl methyl sites for hydroxylation is 3. The van der Waals surface area contributed by atoms with E-state index in [9.17, 15) is 42.8 Å². The van der Waals surface area contributed by atoms with Crippen molar-refractivity contribution in [3.05, 3.63) is 233 Å². The topological polar surface area (TPSA) is 271 Å². The molecule has 0 bridgehead atoms. The summed E-state index contributed by atoms with van der Waals surface area (Å²) in [5.74, 6) is 1.71. The van der Waals surface area contributed by atoms with Crippen molar-refractivity contribution in [1.29, 1.82) is 0 Å². The number of imidazole rings is 3. The Balaban J connectivity index is 0.000000236. The van der Waals surface area contributed by atoms with Crippen molar-refractivity contribution < 1.29 is 62.2 Å². The minimum absolute atomic E-state index is 0. The van der Waals surface area contributed by atoms with Gasteiger partial charge < -0.3 is 58.2 Å². The smallest absolute Gasteiger partial charge is 0.234 e.